The van der Waals surface area contributed by atoms with Gasteiger partial charge in [-0.15, -0.1) is 0 Å². The molecule has 0 aliphatic heterocycles. The summed E-state index contributed by atoms with van der Waals surface area (Å²) in [5, 5.41) is 0. The minimum atomic E-state index is -0.628. The predicted molar refractivity (Wildman–Crippen MR) is 101 cm³/mol. The first-order valence-electron chi connectivity index (χ1n) is 8.46. The van der Waals surface area contributed by atoms with Gasteiger partial charge in [-0.3, -0.25) is 4.79 Å². The van der Waals surface area contributed by atoms with E-state index in [1.165, 1.54) is 0 Å². The smallest absolute Gasteiger partial charge is 0.344 e. The summed E-state index contributed by atoms with van der Waals surface area (Å²) in [6.07, 6.45) is 3.74. The highest BCUT2D eigenvalue weighted by Crippen LogP contribution is 2.36. The van der Waals surface area contributed by atoms with Gasteiger partial charge in [0.1, 0.15) is 18.0 Å². The van der Waals surface area contributed by atoms with E-state index in [9.17, 15) is 9.59 Å². The molecule has 3 aromatic rings. The number of hydrogen-bond donors (Lipinski definition) is 0. The molecule has 1 aliphatic carbocycles. The van der Waals surface area contributed by atoms with Gasteiger partial charge >= 0.3 is 5.97 Å². The zero-order chi connectivity index (χ0) is 18.4. The molecule has 7 heteroatoms. The molecule has 134 valence electrons. The van der Waals surface area contributed by atoms with Crippen LogP contribution in [-0.4, -0.2) is 20.1 Å². The summed E-state index contributed by atoms with van der Waals surface area (Å²) in [6, 6.07) is 8.07. The van der Waals surface area contributed by atoms with E-state index in [2.05, 4.69) is 20.9 Å². The van der Waals surface area contributed by atoms with E-state index in [1.807, 2.05) is 47.4 Å². The average molecular weight is 416 g/mol. The number of benzene rings is 1. The Morgan fingerprint density at radius 2 is 2.08 bits per heavy atom. The predicted octanol–water partition coefficient (Wildman–Crippen LogP) is 3.50. The van der Waals surface area contributed by atoms with Crippen LogP contribution in [0.4, 0.5) is 0 Å². The average Bonchev–Trinajstić information content (AvgIpc) is 3.43. The third-order valence-electron chi connectivity index (χ3n) is 4.79. The van der Waals surface area contributed by atoms with Crippen molar-refractivity contribution in [1.29, 1.82) is 0 Å². The van der Waals surface area contributed by atoms with Crippen molar-refractivity contribution in [2.75, 3.05) is 0 Å². The van der Waals surface area contributed by atoms with Crippen LogP contribution in [-0.2, 0) is 18.4 Å². The Balaban J connectivity index is 1.60. The fourth-order valence-corrected chi connectivity index (χ4v) is 3.52. The van der Waals surface area contributed by atoms with Gasteiger partial charge in [0, 0.05) is 25.0 Å². The Morgan fingerprint density at radius 3 is 2.77 bits per heavy atom. The molecule has 0 unspecified atom stereocenters. The van der Waals surface area contributed by atoms with Crippen LogP contribution in [0.3, 0.4) is 0 Å². The molecule has 0 spiro atoms. The molecule has 4 rings (SSSR count). The Hall–Kier alpha value is -2.41. The maximum absolute atomic E-state index is 12.5. The van der Waals surface area contributed by atoms with E-state index < -0.39 is 5.97 Å². The van der Waals surface area contributed by atoms with E-state index in [1.54, 1.807) is 6.20 Å². The molecule has 0 amide bonds. The monoisotopic (exact) mass is 415 g/mol. The molecule has 0 radical (unpaired) electrons. The van der Waals surface area contributed by atoms with E-state index in [-0.39, 0.29) is 17.6 Å². The van der Waals surface area contributed by atoms with Gasteiger partial charge in [-0.05, 0) is 47.8 Å². The Kier molecular flexibility index (Phi) is 4.19. The Labute approximate surface area is 158 Å². The second-order valence-corrected chi connectivity index (χ2v) is 7.35. The molecule has 26 heavy (non-hydrogen) atoms. The lowest BCUT2D eigenvalue weighted by Gasteiger charge is -2.13. The minimum absolute atomic E-state index is 0.0123. The van der Waals surface area contributed by atoms with Gasteiger partial charge in [0.15, 0.2) is 0 Å². The number of para-hydroxylation sites is 2. The number of esters is 1. The largest absolute Gasteiger partial charge is 0.454 e. The van der Waals surface area contributed by atoms with Crippen LogP contribution >= 0.6 is 15.9 Å². The number of fused-ring (bicyclic) bond motifs is 1. The molecule has 0 atom stereocenters. The first-order chi connectivity index (χ1) is 12.5. The second kappa shape index (κ2) is 6.39. The summed E-state index contributed by atoms with van der Waals surface area (Å²) in [6.45, 7) is 1.89. The zero-order valence-corrected chi connectivity index (χ0v) is 16.1. The molecule has 0 N–H and O–H groups in total. The molecule has 2 aromatic heterocycles. The van der Waals surface area contributed by atoms with Gasteiger partial charge in [0.2, 0.25) is 5.43 Å². The van der Waals surface area contributed by atoms with Crippen LogP contribution in [0.2, 0.25) is 0 Å². The van der Waals surface area contributed by atoms with Gasteiger partial charge in [-0.1, -0.05) is 12.1 Å². The van der Waals surface area contributed by atoms with Crippen molar-refractivity contribution >= 4 is 32.9 Å². The Bertz CT molecular complexity index is 1080. The number of rotatable bonds is 4. The standard InChI is InChI=1S/C19H18BrN3O3/c1-11-17(20)18(24)13(9-23(11)12-7-8-12)19(25)26-10-16-21-14-5-3-4-6-15(14)22(16)2/h3-6,9,12H,7-8,10H2,1-2H3. The fourth-order valence-electron chi connectivity index (χ4n) is 3.10. The van der Waals surface area contributed by atoms with Crippen molar-refractivity contribution in [3.63, 3.8) is 0 Å². The highest BCUT2D eigenvalue weighted by atomic mass is 79.9. The van der Waals surface area contributed by atoms with Crippen LogP contribution in [0.1, 0.15) is 40.8 Å². The number of carbonyl (C=O) groups is 1. The molecule has 6 nitrogen and oxygen atoms in total. The molecule has 1 saturated carbocycles. The van der Waals surface area contributed by atoms with Gasteiger partial charge in [0.05, 0.1) is 15.5 Å². The van der Waals surface area contributed by atoms with Crippen LogP contribution in [0, 0.1) is 6.92 Å². The van der Waals surface area contributed by atoms with E-state index in [0.717, 1.165) is 29.6 Å². The van der Waals surface area contributed by atoms with Crippen LogP contribution < -0.4 is 5.43 Å². The van der Waals surface area contributed by atoms with Gasteiger partial charge in [0.25, 0.3) is 0 Å². The molecule has 1 aromatic carbocycles. The molecule has 1 aliphatic rings. The lowest BCUT2D eigenvalue weighted by atomic mass is 10.2. The van der Waals surface area contributed by atoms with Crippen molar-refractivity contribution < 1.29 is 9.53 Å². The topological polar surface area (TPSA) is 66.1 Å². The molecular weight excluding hydrogens is 398 g/mol. The lowest BCUT2D eigenvalue weighted by Crippen LogP contribution is -2.22. The van der Waals surface area contributed by atoms with Gasteiger partial charge in [-0.25, -0.2) is 9.78 Å². The number of ether oxygens (including phenoxy) is 1. The summed E-state index contributed by atoms with van der Waals surface area (Å²) < 4.78 is 9.69. The van der Waals surface area contributed by atoms with Crippen LogP contribution in [0.25, 0.3) is 11.0 Å². The van der Waals surface area contributed by atoms with Crippen molar-refractivity contribution in [3.8, 4) is 0 Å². The fraction of sp³-hybridized carbons (Fsp3) is 0.316. The van der Waals surface area contributed by atoms with Crippen molar-refractivity contribution in [1.82, 2.24) is 14.1 Å². The third kappa shape index (κ3) is 2.86. The Morgan fingerprint density at radius 1 is 1.35 bits per heavy atom. The molecule has 0 bridgehead atoms. The summed E-state index contributed by atoms with van der Waals surface area (Å²) in [4.78, 5) is 29.5. The first-order valence-corrected chi connectivity index (χ1v) is 9.25. The number of aryl methyl sites for hydroxylation is 1. The first kappa shape index (κ1) is 17.0. The van der Waals surface area contributed by atoms with E-state index in [4.69, 9.17) is 4.74 Å². The molecule has 1 fully saturated rings. The highest BCUT2D eigenvalue weighted by Gasteiger charge is 2.27. The number of aromatic nitrogens is 3. The molecular formula is C19H18BrN3O3. The van der Waals surface area contributed by atoms with E-state index in [0.29, 0.717) is 16.3 Å². The van der Waals surface area contributed by atoms with Gasteiger partial charge in [-0.2, -0.15) is 0 Å². The summed E-state index contributed by atoms with van der Waals surface area (Å²) in [5.74, 6) is 0.00500. The number of halogens is 1. The number of carbonyl (C=O) groups excluding carboxylic acids is 1. The summed E-state index contributed by atoms with van der Waals surface area (Å²) in [5.41, 5.74) is 2.36. The number of nitrogens with zero attached hydrogens (tertiary/aromatic N) is 3. The molecule has 2 heterocycles. The van der Waals surface area contributed by atoms with Crippen molar-refractivity contribution in [3.05, 3.63) is 62.2 Å². The summed E-state index contributed by atoms with van der Waals surface area (Å²) in [7, 11) is 1.88. The SMILES string of the molecule is Cc1c(Br)c(=O)c(C(=O)OCc2nc3ccccc3n2C)cn1C1CC1. The van der Waals surface area contributed by atoms with Crippen LogP contribution in [0.15, 0.2) is 39.7 Å². The highest BCUT2D eigenvalue weighted by molar-refractivity contribution is 9.10. The number of hydrogen-bond acceptors (Lipinski definition) is 4. The number of imidazole rings is 1. The normalized spacial score (nSPS) is 14.0. The summed E-state index contributed by atoms with van der Waals surface area (Å²) >= 11 is 3.32. The lowest BCUT2D eigenvalue weighted by molar-refractivity contribution is 0.0457. The maximum Gasteiger partial charge on any atom is 0.344 e. The second-order valence-electron chi connectivity index (χ2n) is 6.56. The van der Waals surface area contributed by atoms with Crippen molar-refractivity contribution in [2.24, 2.45) is 7.05 Å². The van der Waals surface area contributed by atoms with Crippen LogP contribution in [0.5, 0.6) is 0 Å². The molecule has 0 saturated heterocycles. The van der Waals surface area contributed by atoms with E-state index >= 15 is 0 Å². The maximum atomic E-state index is 12.5. The quantitative estimate of drug-likeness (QED) is 0.611. The van der Waals surface area contributed by atoms with Gasteiger partial charge < -0.3 is 13.9 Å². The minimum Gasteiger partial charge on any atom is -0.454 e. The van der Waals surface area contributed by atoms with Crippen molar-refractivity contribution in [2.45, 2.75) is 32.4 Å². The number of pyridine rings is 1. The third-order valence-corrected chi connectivity index (χ3v) is 5.72. The zero-order valence-electron chi connectivity index (χ0n) is 14.5.